The highest BCUT2D eigenvalue weighted by molar-refractivity contribution is 5.74. The third-order valence-electron chi connectivity index (χ3n) is 4.11. The van der Waals surface area contributed by atoms with Crippen molar-refractivity contribution in [3.05, 3.63) is 0 Å². The Morgan fingerprint density at radius 3 is 2.15 bits per heavy atom. The Bertz CT molecular complexity index is 337. The van der Waals surface area contributed by atoms with E-state index >= 15 is 0 Å². The minimum absolute atomic E-state index is 0.0692. The molecule has 1 heterocycles. The Kier molecular flexibility index (Phi) is 5.25. The number of carbonyl (C=O) groups is 1. The van der Waals surface area contributed by atoms with Gasteiger partial charge >= 0.3 is 5.97 Å². The van der Waals surface area contributed by atoms with Crippen LogP contribution >= 0.6 is 0 Å². The lowest BCUT2D eigenvalue weighted by molar-refractivity contribution is -0.148. The van der Waals surface area contributed by atoms with Crippen LogP contribution in [-0.2, 0) is 9.53 Å². The summed E-state index contributed by atoms with van der Waals surface area (Å²) >= 11 is 0. The van der Waals surface area contributed by atoms with Crippen LogP contribution in [0.3, 0.4) is 0 Å². The van der Waals surface area contributed by atoms with E-state index in [-0.39, 0.29) is 28.8 Å². The second-order valence-corrected chi connectivity index (χ2v) is 8.23. The van der Waals surface area contributed by atoms with Crippen LogP contribution in [0.2, 0.25) is 0 Å². The molecule has 4 heteroatoms. The van der Waals surface area contributed by atoms with Gasteiger partial charge in [0.2, 0.25) is 0 Å². The van der Waals surface area contributed by atoms with Gasteiger partial charge in [0.05, 0.1) is 18.1 Å². The SMILES string of the molecule is CC(C)(C)C(O)CC(O)CC1CC(C(C)(C)C)OC1=O. The van der Waals surface area contributed by atoms with Gasteiger partial charge in [-0.05, 0) is 30.1 Å². The number of rotatable bonds is 4. The quantitative estimate of drug-likeness (QED) is 0.779. The van der Waals surface area contributed by atoms with Gasteiger partial charge in [-0.1, -0.05) is 41.5 Å². The van der Waals surface area contributed by atoms with Gasteiger partial charge in [0, 0.05) is 0 Å². The number of aliphatic hydroxyl groups is 2. The summed E-state index contributed by atoms with van der Waals surface area (Å²) in [6.07, 6.45) is 0.00498. The molecule has 4 atom stereocenters. The van der Waals surface area contributed by atoms with E-state index in [0.29, 0.717) is 19.3 Å². The van der Waals surface area contributed by atoms with Gasteiger partial charge in [-0.3, -0.25) is 4.79 Å². The zero-order chi connectivity index (χ0) is 15.7. The number of hydrogen-bond donors (Lipinski definition) is 2. The lowest BCUT2D eigenvalue weighted by Crippen LogP contribution is -2.31. The van der Waals surface area contributed by atoms with Gasteiger partial charge in [0.25, 0.3) is 0 Å². The maximum absolute atomic E-state index is 11.9. The predicted octanol–water partition coefficient (Wildman–Crippen LogP) is 2.51. The molecule has 0 aliphatic carbocycles. The molecule has 0 aromatic rings. The first-order valence-electron chi connectivity index (χ1n) is 7.48. The van der Waals surface area contributed by atoms with E-state index in [1.807, 2.05) is 41.5 Å². The van der Waals surface area contributed by atoms with Crippen molar-refractivity contribution in [2.75, 3.05) is 0 Å². The summed E-state index contributed by atoms with van der Waals surface area (Å²) in [5.74, 6) is -0.462. The molecule has 0 bridgehead atoms. The summed E-state index contributed by atoms with van der Waals surface area (Å²) in [5.41, 5.74) is -0.328. The first kappa shape index (κ1) is 17.4. The van der Waals surface area contributed by atoms with Crippen LogP contribution in [0, 0.1) is 16.7 Å². The molecule has 0 aromatic carbocycles. The molecule has 1 aliphatic rings. The van der Waals surface area contributed by atoms with Crippen LogP contribution in [0.1, 0.15) is 60.8 Å². The maximum Gasteiger partial charge on any atom is 0.309 e. The van der Waals surface area contributed by atoms with Crippen LogP contribution in [-0.4, -0.2) is 34.5 Å². The molecule has 2 N–H and O–H groups in total. The fourth-order valence-electron chi connectivity index (χ4n) is 2.40. The highest BCUT2D eigenvalue weighted by Crippen LogP contribution is 2.36. The van der Waals surface area contributed by atoms with Crippen LogP contribution in [0.25, 0.3) is 0 Å². The average Bonchev–Trinajstić information content (AvgIpc) is 2.58. The monoisotopic (exact) mass is 286 g/mol. The van der Waals surface area contributed by atoms with Crippen LogP contribution in [0.15, 0.2) is 0 Å². The van der Waals surface area contributed by atoms with Crippen molar-refractivity contribution in [2.45, 2.75) is 79.1 Å². The molecular weight excluding hydrogens is 256 g/mol. The molecule has 0 amide bonds. The molecule has 0 spiro atoms. The minimum Gasteiger partial charge on any atom is -0.462 e. The third kappa shape index (κ3) is 4.74. The first-order chi connectivity index (χ1) is 8.91. The molecule has 118 valence electrons. The highest BCUT2D eigenvalue weighted by Gasteiger charge is 2.41. The van der Waals surface area contributed by atoms with Crippen LogP contribution in [0.4, 0.5) is 0 Å². The zero-order valence-electron chi connectivity index (χ0n) is 13.6. The molecular formula is C16H30O4. The van der Waals surface area contributed by atoms with E-state index in [1.165, 1.54) is 0 Å². The van der Waals surface area contributed by atoms with Gasteiger partial charge in [0.1, 0.15) is 6.10 Å². The predicted molar refractivity (Wildman–Crippen MR) is 78.1 cm³/mol. The molecule has 0 radical (unpaired) electrons. The standard InChI is InChI=1S/C16H30O4/c1-15(2,3)12(18)9-11(17)7-10-8-13(16(4,5)6)20-14(10)19/h10-13,17-18H,7-9H2,1-6H3. The van der Waals surface area contributed by atoms with Gasteiger partial charge in [-0.2, -0.15) is 0 Å². The number of carbonyl (C=O) groups excluding carboxylic acids is 1. The largest absolute Gasteiger partial charge is 0.462 e. The van der Waals surface area contributed by atoms with Crippen molar-refractivity contribution in [2.24, 2.45) is 16.7 Å². The Morgan fingerprint density at radius 1 is 1.20 bits per heavy atom. The summed E-state index contributed by atoms with van der Waals surface area (Å²) in [6, 6.07) is 0. The zero-order valence-corrected chi connectivity index (χ0v) is 13.6. The second kappa shape index (κ2) is 6.02. The minimum atomic E-state index is -0.666. The van der Waals surface area contributed by atoms with Crippen molar-refractivity contribution >= 4 is 5.97 Å². The average molecular weight is 286 g/mol. The van der Waals surface area contributed by atoms with Crippen molar-refractivity contribution in [3.8, 4) is 0 Å². The number of aliphatic hydroxyl groups excluding tert-OH is 2. The molecule has 1 rings (SSSR count). The highest BCUT2D eigenvalue weighted by atomic mass is 16.6. The van der Waals surface area contributed by atoms with Crippen molar-refractivity contribution in [1.82, 2.24) is 0 Å². The van der Waals surface area contributed by atoms with Gasteiger partial charge < -0.3 is 14.9 Å². The molecule has 1 fully saturated rings. The Hall–Kier alpha value is -0.610. The number of ether oxygens (including phenoxy) is 1. The topological polar surface area (TPSA) is 66.8 Å². The van der Waals surface area contributed by atoms with Crippen LogP contribution < -0.4 is 0 Å². The maximum atomic E-state index is 11.9. The van der Waals surface area contributed by atoms with E-state index < -0.39 is 12.2 Å². The van der Waals surface area contributed by atoms with E-state index in [2.05, 4.69) is 0 Å². The molecule has 20 heavy (non-hydrogen) atoms. The lowest BCUT2D eigenvalue weighted by atomic mass is 9.82. The second-order valence-electron chi connectivity index (χ2n) is 8.23. The third-order valence-corrected chi connectivity index (χ3v) is 4.11. The summed E-state index contributed by atoms with van der Waals surface area (Å²) < 4.78 is 5.40. The number of esters is 1. The normalized spacial score (nSPS) is 27.3. The summed E-state index contributed by atoms with van der Waals surface area (Å²) in [5, 5.41) is 20.1. The molecule has 1 saturated heterocycles. The molecule has 4 nitrogen and oxygen atoms in total. The van der Waals surface area contributed by atoms with E-state index in [0.717, 1.165) is 0 Å². The number of hydrogen-bond acceptors (Lipinski definition) is 4. The van der Waals surface area contributed by atoms with Gasteiger partial charge in [0.15, 0.2) is 0 Å². The van der Waals surface area contributed by atoms with Gasteiger partial charge in [-0.15, -0.1) is 0 Å². The van der Waals surface area contributed by atoms with E-state index in [9.17, 15) is 15.0 Å². The van der Waals surface area contributed by atoms with Gasteiger partial charge in [-0.25, -0.2) is 0 Å². The molecule has 0 saturated carbocycles. The lowest BCUT2D eigenvalue weighted by Gasteiger charge is -2.28. The van der Waals surface area contributed by atoms with Crippen LogP contribution in [0.5, 0.6) is 0 Å². The molecule has 0 aromatic heterocycles. The Balaban J connectivity index is 2.51. The summed E-state index contributed by atoms with van der Waals surface area (Å²) in [6.45, 7) is 11.9. The fraction of sp³-hybridized carbons (Fsp3) is 0.938. The van der Waals surface area contributed by atoms with Crippen molar-refractivity contribution in [1.29, 1.82) is 0 Å². The molecule has 4 unspecified atom stereocenters. The van der Waals surface area contributed by atoms with Crippen molar-refractivity contribution in [3.63, 3.8) is 0 Å². The van der Waals surface area contributed by atoms with E-state index in [1.54, 1.807) is 0 Å². The summed E-state index contributed by atoms with van der Waals surface area (Å²) in [4.78, 5) is 11.9. The van der Waals surface area contributed by atoms with Crippen molar-refractivity contribution < 1.29 is 19.7 Å². The smallest absolute Gasteiger partial charge is 0.309 e. The molecule has 1 aliphatic heterocycles. The van der Waals surface area contributed by atoms with E-state index in [4.69, 9.17) is 4.74 Å². The Labute approximate surface area is 122 Å². The Morgan fingerprint density at radius 2 is 1.75 bits per heavy atom. The summed E-state index contributed by atoms with van der Waals surface area (Å²) in [7, 11) is 0. The first-order valence-corrected chi connectivity index (χ1v) is 7.48. The number of cyclic esters (lactones) is 1. The fourth-order valence-corrected chi connectivity index (χ4v) is 2.40.